The first-order chi connectivity index (χ1) is 4.34. The minimum absolute atomic E-state index is 0.00694. The van der Waals surface area contributed by atoms with Crippen LogP contribution in [-0.4, -0.2) is 25.5 Å². The Hall–Kier alpha value is -0.410. The Morgan fingerprint density at radius 3 is 3.00 bits per heavy atom. The predicted molar refractivity (Wildman–Crippen MR) is 38.6 cm³/mol. The highest BCUT2D eigenvalue weighted by atomic mass is 15.0. The maximum Gasteiger partial charge on any atom is 0.0938 e. The van der Waals surface area contributed by atoms with E-state index in [1.54, 1.807) is 0 Å². The van der Waals surface area contributed by atoms with E-state index in [1.807, 2.05) is 7.05 Å². The number of hydrogen-bond acceptors (Lipinski definition) is 3. The van der Waals surface area contributed by atoms with Crippen molar-refractivity contribution >= 4 is 5.71 Å². The molecule has 0 saturated heterocycles. The molecule has 0 aliphatic carbocycles. The van der Waals surface area contributed by atoms with Gasteiger partial charge in [0.1, 0.15) is 0 Å². The molecule has 0 aromatic heterocycles. The van der Waals surface area contributed by atoms with Crippen LogP contribution in [0.1, 0.15) is 12.8 Å². The lowest BCUT2D eigenvalue weighted by molar-refractivity contribution is 0.723. The topological polar surface area (TPSA) is 50.4 Å². The van der Waals surface area contributed by atoms with Crippen molar-refractivity contribution in [3.05, 3.63) is 0 Å². The zero-order chi connectivity index (χ0) is 6.69. The van der Waals surface area contributed by atoms with Crippen LogP contribution in [0.25, 0.3) is 0 Å². The van der Waals surface area contributed by atoms with Gasteiger partial charge in [-0.1, -0.05) is 0 Å². The summed E-state index contributed by atoms with van der Waals surface area (Å²) in [6, 6.07) is 0. The molecule has 1 aliphatic heterocycles. The molecule has 3 N–H and O–H groups in total. The molecule has 0 saturated carbocycles. The lowest BCUT2D eigenvalue weighted by Gasteiger charge is -2.08. The van der Waals surface area contributed by atoms with Gasteiger partial charge in [0.25, 0.3) is 0 Å². The van der Waals surface area contributed by atoms with Crippen molar-refractivity contribution in [3.8, 4) is 0 Å². The Morgan fingerprint density at radius 2 is 2.56 bits per heavy atom. The molecule has 1 aliphatic rings. The fraction of sp³-hybridized carbons (Fsp3) is 0.833. The summed E-state index contributed by atoms with van der Waals surface area (Å²) in [6.45, 7) is 0.963. The average Bonchev–Trinajstić information content (AvgIpc) is 2.37. The van der Waals surface area contributed by atoms with Gasteiger partial charge in [-0.3, -0.25) is 4.99 Å². The lowest BCUT2D eigenvalue weighted by atomic mass is 10.2. The molecule has 52 valence electrons. The molecule has 1 heterocycles. The van der Waals surface area contributed by atoms with E-state index in [-0.39, 0.29) is 6.17 Å². The first kappa shape index (κ1) is 6.71. The van der Waals surface area contributed by atoms with Gasteiger partial charge in [-0.2, -0.15) is 0 Å². The van der Waals surface area contributed by atoms with Gasteiger partial charge in [-0.25, -0.2) is 0 Å². The van der Waals surface area contributed by atoms with Gasteiger partial charge >= 0.3 is 0 Å². The second-order valence-electron chi connectivity index (χ2n) is 2.24. The second-order valence-corrected chi connectivity index (χ2v) is 2.24. The van der Waals surface area contributed by atoms with E-state index >= 15 is 0 Å². The molecule has 0 aromatic rings. The van der Waals surface area contributed by atoms with Crippen molar-refractivity contribution in [2.24, 2.45) is 10.7 Å². The standard InChI is InChI=1S/C6H13N3/c1-8-6(7)5-3-2-4-9-5/h6,8H,2-4,7H2,1H3. The van der Waals surface area contributed by atoms with Gasteiger partial charge < -0.3 is 11.1 Å². The summed E-state index contributed by atoms with van der Waals surface area (Å²) in [5, 5.41) is 2.95. The first-order valence-electron chi connectivity index (χ1n) is 3.30. The largest absolute Gasteiger partial charge is 0.311 e. The van der Waals surface area contributed by atoms with Crippen molar-refractivity contribution in [1.29, 1.82) is 0 Å². The zero-order valence-corrected chi connectivity index (χ0v) is 5.72. The van der Waals surface area contributed by atoms with Crippen LogP contribution in [-0.2, 0) is 0 Å². The third kappa shape index (κ3) is 1.50. The molecule has 1 unspecified atom stereocenters. The third-order valence-corrected chi connectivity index (χ3v) is 1.58. The summed E-state index contributed by atoms with van der Waals surface area (Å²) in [5.74, 6) is 0. The summed E-state index contributed by atoms with van der Waals surface area (Å²) >= 11 is 0. The second kappa shape index (κ2) is 2.94. The monoisotopic (exact) mass is 127 g/mol. The average molecular weight is 127 g/mol. The molecule has 0 fully saturated rings. The van der Waals surface area contributed by atoms with Crippen molar-refractivity contribution < 1.29 is 0 Å². The van der Waals surface area contributed by atoms with Gasteiger partial charge in [0, 0.05) is 12.3 Å². The van der Waals surface area contributed by atoms with Crippen LogP contribution in [0.3, 0.4) is 0 Å². The first-order valence-corrected chi connectivity index (χ1v) is 3.30. The van der Waals surface area contributed by atoms with Gasteiger partial charge in [-0.15, -0.1) is 0 Å². The molecule has 1 atom stereocenters. The van der Waals surface area contributed by atoms with Crippen LogP contribution < -0.4 is 11.1 Å². The van der Waals surface area contributed by atoms with Crippen molar-refractivity contribution in [2.75, 3.05) is 13.6 Å². The summed E-state index contributed by atoms with van der Waals surface area (Å²) in [5.41, 5.74) is 6.76. The smallest absolute Gasteiger partial charge is 0.0938 e. The normalized spacial score (nSPS) is 21.8. The SMILES string of the molecule is CNC(N)C1=NCCC1. The number of nitrogens with zero attached hydrogens (tertiary/aromatic N) is 1. The molecular formula is C6H13N3. The maximum absolute atomic E-state index is 5.64. The molecule has 0 radical (unpaired) electrons. The highest BCUT2D eigenvalue weighted by Gasteiger charge is 2.11. The number of nitrogens with one attached hydrogen (secondary N) is 1. The van der Waals surface area contributed by atoms with Gasteiger partial charge in [-0.05, 0) is 19.9 Å². The molecule has 1 rings (SSSR count). The maximum atomic E-state index is 5.64. The Morgan fingerprint density at radius 1 is 1.78 bits per heavy atom. The van der Waals surface area contributed by atoms with E-state index in [1.165, 1.54) is 6.42 Å². The van der Waals surface area contributed by atoms with E-state index in [0.29, 0.717) is 0 Å². The molecule has 0 amide bonds. The Labute approximate surface area is 55.3 Å². The highest BCUT2D eigenvalue weighted by molar-refractivity contribution is 5.90. The minimum atomic E-state index is -0.00694. The van der Waals surface area contributed by atoms with Crippen molar-refractivity contribution in [3.63, 3.8) is 0 Å². The van der Waals surface area contributed by atoms with Crippen LogP contribution in [0.5, 0.6) is 0 Å². The van der Waals surface area contributed by atoms with Crippen LogP contribution in [0.15, 0.2) is 4.99 Å². The Kier molecular flexibility index (Phi) is 2.19. The molecular weight excluding hydrogens is 114 g/mol. The Balaban J connectivity index is 2.40. The fourth-order valence-corrected chi connectivity index (χ4v) is 0.982. The predicted octanol–water partition coefficient (Wildman–Crippen LogP) is -0.275. The summed E-state index contributed by atoms with van der Waals surface area (Å²) in [6.07, 6.45) is 2.24. The van der Waals surface area contributed by atoms with Crippen molar-refractivity contribution in [1.82, 2.24) is 5.32 Å². The van der Waals surface area contributed by atoms with E-state index in [9.17, 15) is 0 Å². The van der Waals surface area contributed by atoms with Gasteiger partial charge in [0.05, 0.1) is 6.17 Å². The fourth-order valence-electron chi connectivity index (χ4n) is 0.982. The zero-order valence-electron chi connectivity index (χ0n) is 5.72. The molecule has 3 heteroatoms. The number of rotatable bonds is 2. The van der Waals surface area contributed by atoms with Gasteiger partial charge in [0.2, 0.25) is 0 Å². The van der Waals surface area contributed by atoms with Crippen LogP contribution in [0.4, 0.5) is 0 Å². The molecule has 0 spiro atoms. The van der Waals surface area contributed by atoms with E-state index < -0.39 is 0 Å². The quantitative estimate of drug-likeness (QED) is 0.501. The summed E-state index contributed by atoms with van der Waals surface area (Å²) in [4.78, 5) is 4.24. The van der Waals surface area contributed by atoms with E-state index in [0.717, 1.165) is 18.7 Å². The Bertz CT molecular complexity index is 119. The minimum Gasteiger partial charge on any atom is -0.311 e. The molecule has 0 aromatic carbocycles. The van der Waals surface area contributed by atoms with Crippen molar-refractivity contribution in [2.45, 2.75) is 19.0 Å². The molecule has 9 heavy (non-hydrogen) atoms. The lowest BCUT2D eigenvalue weighted by Crippen LogP contribution is -2.41. The van der Waals surface area contributed by atoms with Crippen LogP contribution in [0, 0.1) is 0 Å². The van der Waals surface area contributed by atoms with Crippen LogP contribution in [0.2, 0.25) is 0 Å². The van der Waals surface area contributed by atoms with Gasteiger partial charge in [0.15, 0.2) is 0 Å². The molecule has 3 nitrogen and oxygen atoms in total. The summed E-state index contributed by atoms with van der Waals surface area (Å²) < 4.78 is 0. The number of aliphatic imine (C=N–C) groups is 1. The number of hydrogen-bond donors (Lipinski definition) is 2. The summed E-state index contributed by atoms with van der Waals surface area (Å²) in [7, 11) is 1.85. The highest BCUT2D eigenvalue weighted by Crippen LogP contribution is 2.04. The third-order valence-electron chi connectivity index (χ3n) is 1.58. The van der Waals surface area contributed by atoms with E-state index in [4.69, 9.17) is 5.73 Å². The van der Waals surface area contributed by atoms with Crippen LogP contribution >= 0.6 is 0 Å². The van der Waals surface area contributed by atoms with E-state index in [2.05, 4.69) is 10.3 Å². The number of nitrogens with two attached hydrogens (primary N) is 1. The molecule has 0 bridgehead atoms.